The van der Waals surface area contributed by atoms with E-state index in [1.54, 1.807) is 4.90 Å². The van der Waals surface area contributed by atoms with Gasteiger partial charge in [-0.05, 0) is 60.8 Å². The van der Waals surface area contributed by atoms with Gasteiger partial charge in [0.1, 0.15) is 5.60 Å². The lowest BCUT2D eigenvalue weighted by molar-refractivity contribution is 0.0256. The van der Waals surface area contributed by atoms with Crippen LogP contribution in [0.3, 0.4) is 0 Å². The van der Waals surface area contributed by atoms with E-state index >= 15 is 0 Å². The van der Waals surface area contributed by atoms with Gasteiger partial charge in [0.25, 0.3) is 0 Å². The molecule has 7 nitrogen and oxygen atoms in total. The third-order valence-electron chi connectivity index (χ3n) is 4.73. The van der Waals surface area contributed by atoms with Gasteiger partial charge in [-0.15, -0.1) is 0 Å². The molecule has 0 spiro atoms. The van der Waals surface area contributed by atoms with Gasteiger partial charge in [-0.2, -0.15) is 0 Å². The number of nitrogens with one attached hydrogen (secondary N) is 2. The minimum atomic E-state index is -0.478. The molecule has 2 N–H and O–H groups in total. The first kappa shape index (κ1) is 24.5. The Morgan fingerprint density at radius 1 is 1.21 bits per heavy atom. The van der Waals surface area contributed by atoms with E-state index in [-0.39, 0.29) is 6.09 Å². The number of carbonyl (C=O) groups is 1. The Morgan fingerprint density at radius 3 is 2.36 bits per heavy atom. The Labute approximate surface area is 172 Å². The molecular weight excluding hydrogens is 354 g/mol. The van der Waals surface area contributed by atoms with Crippen LogP contribution in [0.25, 0.3) is 0 Å². The average Bonchev–Trinajstić information content (AvgIpc) is 2.60. The molecule has 0 aliphatic carbocycles. The highest BCUT2D eigenvalue weighted by Gasteiger charge is 2.22. The van der Waals surface area contributed by atoms with E-state index in [0.717, 1.165) is 44.9 Å². The Kier molecular flexibility index (Phi) is 10.6. The molecule has 1 fully saturated rings. The van der Waals surface area contributed by atoms with E-state index < -0.39 is 5.60 Å². The smallest absolute Gasteiger partial charge is 0.410 e. The van der Waals surface area contributed by atoms with Crippen LogP contribution in [0.4, 0.5) is 4.79 Å². The van der Waals surface area contributed by atoms with Crippen molar-refractivity contribution in [3.63, 3.8) is 0 Å². The zero-order chi connectivity index (χ0) is 21.2. The number of hydrogen-bond donors (Lipinski definition) is 2. The average molecular weight is 398 g/mol. The van der Waals surface area contributed by atoms with Crippen molar-refractivity contribution in [1.29, 1.82) is 0 Å². The van der Waals surface area contributed by atoms with Crippen molar-refractivity contribution in [1.82, 2.24) is 20.4 Å². The Hall–Kier alpha value is -1.50. The number of carbonyl (C=O) groups excluding carboxylic acids is 1. The molecule has 1 aliphatic heterocycles. The summed E-state index contributed by atoms with van der Waals surface area (Å²) in [6, 6.07) is 1.06. The minimum Gasteiger partial charge on any atom is -0.444 e. The number of piperidine rings is 1. The summed E-state index contributed by atoms with van der Waals surface area (Å²) in [4.78, 5) is 21.3. The lowest BCUT2D eigenvalue weighted by Gasteiger charge is -2.35. The highest BCUT2D eigenvalue weighted by atomic mass is 16.6. The van der Waals surface area contributed by atoms with Gasteiger partial charge in [-0.25, -0.2) is 4.79 Å². The number of nitrogens with zero attached hydrogens (tertiary/aromatic N) is 3. The van der Waals surface area contributed by atoms with Crippen LogP contribution in [-0.4, -0.2) is 78.8 Å². The van der Waals surface area contributed by atoms with Crippen molar-refractivity contribution in [2.75, 3.05) is 39.3 Å². The normalized spacial score (nSPS) is 16.9. The second-order valence-corrected chi connectivity index (χ2v) is 8.78. The van der Waals surface area contributed by atoms with Crippen LogP contribution in [0.2, 0.25) is 0 Å². The first-order valence-electron chi connectivity index (χ1n) is 10.9. The summed E-state index contributed by atoms with van der Waals surface area (Å²) in [5, 5.41) is 6.89. The molecule has 1 aliphatic rings. The highest BCUT2D eigenvalue weighted by molar-refractivity contribution is 5.80. The molecule has 0 atom stereocenters. The summed E-state index contributed by atoms with van der Waals surface area (Å²) in [7, 11) is 0. The Bertz CT molecular complexity index is 480. The Balaban J connectivity index is 2.56. The van der Waals surface area contributed by atoms with Crippen LogP contribution in [0.5, 0.6) is 0 Å². The van der Waals surface area contributed by atoms with Crippen LogP contribution in [0.15, 0.2) is 4.99 Å². The highest BCUT2D eigenvalue weighted by Crippen LogP contribution is 2.13. The summed E-state index contributed by atoms with van der Waals surface area (Å²) in [6.07, 6.45) is 2.89. The second-order valence-electron chi connectivity index (χ2n) is 8.78. The van der Waals surface area contributed by atoms with E-state index in [1.165, 1.54) is 0 Å². The maximum Gasteiger partial charge on any atom is 0.410 e. The number of hydrogen-bond acceptors (Lipinski definition) is 4. The monoisotopic (exact) mass is 397 g/mol. The molecule has 1 heterocycles. The van der Waals surface area contributed by atoms with Crippen molar-refractivity contribution in [2.45, 2.75) is 85.4 Å². The van der Waals surface area contributed by atoms with Crippen molar-refractivity contribution >= 4 is 12.1 Å². The van der Waals surface area contributed by atoms with Gasteiger partial charge in [0, 0.05) is 44.8 Å². The lowest BCUT2D eigenvalue weighted by atomic mass is 10.0. The standard InChI is InChI=1S/C21H43N5O2/c1-8-13-26(20(27)28-21(5,6)7)16-12-23-19(22-9-2)24-18-10-14-25(15-11-18)17(3)4/h17-18H,8-16H2,1-7H3,(H2,22,23,24). The zero-order valence-corrected chi connectivity index (χ0v) is 19.2. The van der Waals surface area contributed by atoms with Crippen LogP contribution in [0, 0.1) is 0 Å². The molecule has 0 aromatic heterocycles. The number of rotatable bonds is 8. The first-order valence-corrected chi connectivity index (χ1v) is 10.9. The quantitative estimate of drug-likeness (QED) is 0.487. The van der Waals surface area contributed by atoms with E-state index in [0.29, 0.717) is 31.7 Å². The topological polar surface area (TPSA) is 69.2 Å². The van der Waals surface area contributed by atoms with E-state index in [9.17, 15) is 4.79 Å². The predicted molar refractivity (Wildman–Crippen MR) is 117 cm³/mol. The van der Waals surface area contributed by atoms with Crippen molar-refractivity contribution in [2.24, 2.45) is 4.99 Å². The van der Waals surface area contributed by atoms with E-state index in [4.69, 9.17) is 9.73 Å². The van der Waals surface area contributed by atoms with Gasteiger partial charge in [-0.1, -0.05) is 6.92 Å². The molecule has 0 aromatic carbocycles. The van der Waals surface area contributed by atoms with E-state index in [2.05, 4.69) is 43.2 Å². The zero-order valence-electron chi connectivity index (χ0n) is 19.2. The molecule has 1 saturated heterocycles. The van der Waals surface area contributed by atoms with Gasteiger partial charge in [0.15, 0.2) is 5.96 Å². The summed E-state index contributed by atoms with van der Waals surface area (Å²) >= 11 is 0. The molecule has 164 valence electrons. The molecule has 0 aromatic rings. The van der Waals surface area contributed by atoms with Crippen LogP contribution >= 0.6 is 0 Å². The lowest BCUT2D eigenvalue weighted by Crippen LogP contribution is -2.50. The summed E-state index contributed by atoms with van der Waals surface area (Å²) in [6.45, 7) is 19.2. The van der Waals surface area contributed by atoms with Gasteiger partial charge < -0.3 is 25.2 Å². The maximum absolute atomic E-state index is 12.4. The van der Waals surface area contributed by atoms with Crippen molar-refractivity contribution < 1.29 is 9.53 Å². The summed E-state index contributed by atoms with van der Waals surface area (Å²) in [5.74, 6) is 0.839. The van der Waals surface area contributed by atoms with Crippen LogP contribution in [0.1, 0.15) is 67.7 Å². The SMILES string of the molecule is CCCN(CCN=C(NCC)NC1CCN(C(C)C)CC1)C(=O)OC(C)(C)C. The van der Waals surface area contributed by atoms with Gasteiger partial charge in [-0.3, -0.25) is 4.99 Å². The minimum absolute atomic E-state index is 0.261. The molecular formula is C21H43N5O2. The number of likely N-dealkylation sites (tertiary alicyclic amines) is 1. The molecule has 0 radical (unpaired) electrons. The number of ether oxygens (including phenoxy) is 1. The molecule has 28 heavy (non-hydrogen) atoms. The molecule has 0 saturated carbocycles. The Morgan fingerprint density at radius 2 is 1.86 bits per heavy atom. The van der Waals surface area contributed by atoms with Gasteiger partial charge in [0.2, 0.25) is 0 Å². The molecule has 1 rings (SSSR count). The predicted octanol–water partition coefficient (Wildman–Crippen LogP) is 3.06. The summed E-state index contributed by atoms with van der Waals surface area (Å²) in [5.41, 5.74) is -0.478. The molecule has 1 amide bonds. The number of amides is 1. The summed E-state index contributed by atoms with van der Waals surface area (Å²) < 4.78 is 5.51. The number of guanidine groups is 1. The fourth-order valence-electron chi connectivity index (χ4n) is 3.25. The van der Waals surface area contributed by atoms with Crippen LogP contribution < -0.4 is 10.6 Å². The largest absolute Gasteiger partial charge is 0.444 e. The first-order chi connectivity index (χ1) is 13.2. The van der Waals surface area contributed by atoms with Crippen LogP contribution in [-0.2, 0) is 4.74 Å². The third kappa shape index (κ3) is 9.62. The third-order valence-corrected chi connectivity index (χ3v) is 4.73. The van der Waals surface area contributed by atoms with Crippen molar-refractivity contribution in [3.8, 4) is 0 Å². The fourth-order valence-corrected chi connectivity index (χ4v) is 3.25. The fraction of sp³-hybridized carbons (Fsp3) is 0.905. The molecule has 0 bridgehead atoms. The van der Waals surface area contributed by atoms with Crippen molar-refractivity contribution in [3.05, 3.63) is 0 Å². The maximum atomic E-state index is 12.4. The molecule has 0 unspecified atom stereocenters. The second kappa shape index (κ2) is 12.1. The van der Waals surface area contributed by atoms with Gasteiger partial charge in [0.05, 0.1) is 6.54 Å². The molecule has 7 heteroatoms. The number of aliphatic imine (C=N–C) groups is 1. The van der Waals surface area contributed by atoms with Gasteiger partial charge >= 0.3 is 6.09 Å². The van der Waals surface area contributed by atoms with E-state index in [1.807, 2.05) is 20.8 Å².